The van der Waals surface area contributed by atoms with Crippen LogP contribution in [-0.4, -0.2) is 13.2 Å². The molecule has 158 valence electrons. The third-order valence-electron chi connectivity index (χ3n) is 4.96. The molecule has 0 saturated heterocycles. The molecule has 0 spiro atoms. The summed E-state index contributed by atoms with van der Waals surface area (Å²) in [5.74, 6) is 2.50. The number of rotatable bonds is 12. The van der Waals surface area contributed by atoms with Crippen molar-refractivity contribution in [3.8, 4) is 11.5 Å². The number of nitrogens with one attached hydrogen (secondary N) is 1. The summed E-state index contributed by atoms with van der Waals surface area (Å²) in [5.41, 5.74) is 3.56. The molecule has 3 nitrogen and oxygen atoms in total. The van der Waals surface area contributed by atoms with E-state index < -0.39 is 0 Å². The van der Waals surface area contributed by atoms with Gasteiger partial charge in [-0.15, -0.1) is 0 Å². The van der Waals surface area contributed by atoms with Crippen LogP contribution >= 0.6 is 0 Å². The van der Waals surface area contributed by atoms with E-state index in [-0.39, 0.29) is 0 Å². The van der Waals surface area contributed by atoms with Crippen LogP contribution in [0, 0.1) is 5.92 Å². The molecule has 30 heavy (non-hydrogen) atoms. The van der Waals surface area contributed by atoms with Crippen molar-refractivity contribution in [3.63, 3.8) is 0 Å². The fourth-order valence-electron chi connectivity index (χ4n) is 3.20. The van der Waals surface area contributed by atoms with Crippen molar-refractivity contribution in [3.05, 3.63) is 90.0 Å². The van der Waals surface area contributed by atoms with Gasteiger partial charge in [-0.25, -0.2) is 0 Å². The van der Waals surface area contributed by atoms with Crippen LogP contribution in [0.2, 0.25) is 0 Å². The zero-order chi connectivity index (χ0) is 21.0. The summed E-state index contributed by atoms with van der Waals surface area (Å²) in [4.78, 5) is 0. The monoisotopic (exact) mass is 403 g/mol. The first kappa shape index (κ1) is 21.8. The van der Waals surface area contributed by atoms with E-state index in [1.165, 1.54) is 5.56 Å². The van der Waals surface area contributed by atoms with Crippen LogP contribution in [0.4, 0.5) is 5.69 Å². The smallest absolute Gasteiger partial charge is 0.124 e. The van der Waals surface area contributed by atoms with Crippen LogP contribution in [0.3, 0.4) is 0 Å². The van der Waals surface area contributed by atoms with Crippen molar-refractivity contribution in [2.45, 2.75) is 39.7 Å². The van der Waals surface area contributed by atoms with E-state index in [1.54, 1.807) is 0 Å². The molecular weight excluding hydrogens is 370 g/mol. The summed E-state index contributed by atoms with van der Waals surface area (Å²) in [6.07, 6.45) is 3.10. The molecule has 3 aromatic carbocycles. The molecule has 0 saturated carbocycles. The lowest BCUT2D eigenvalue weighted by molar-refractivity contribution is 0.287. The maximum Gasteiger partial charge on any atom is 0.124 e. The van der Waals surface area contributed by atoms with Gasteiger partial charge in [0.25, 0.3) is 0 Å². The quantitative estimate of drug-likeness (QED) is 0.340. The highest BCUT2D eigenvalue weighted by atomic mass is 16.5. The Morgan fingerprint density at radius 2 is 1.60 bits per heavy atom. The second-order valence-electron chi connectivity index (χ2n) is 7.96. The van der Waals surface area contributed by atoms with E-state index in [0.717, 1.165) is 55.2 Å². The Bertz CT molecular complexity index is 877. The molecule has 3 aromatic rings. The van der Waals surface area contributed by atoms with E-state index in [9.17, 15) is 0 Å². The van der Waals surface area contributed by atoms with Crippen LogP contribution in [-0.2, 0) is 13.0 Å². The first-order valence-corrected chi connectivity index (χ1v) is 10.9. The van der Waals surface area contributed by atoms with E-state index >= 15 is 0 Å². The lowest BCUT2D eigenvalue weighted by Crippen LogP contribution is -2.06. The number of anilines is 1. The molecule has 0 aliphatic carbocycles. The van der Waals surface area contributed by atoms with Gasteiger partial charge >= 0.3 is 0 Å². The van der Waals surface area contributed by atoms with E-state index in [0.29, 0.717) is 12.5 Å². The summed E-state index contributed by atoms with van der Waals surface area (Å²) >= 11 is 0. The Labute approximate surface area is 181 Å². The summed E-state index contributed by atoms with van der Waals surface area (Å²) in [6.45, 7) is 6.61. The number of benzene rings is 3. The van der Waals surface area contributed by atoms with Crippen molar-refractivity contribution >= 4 is 5.69 Å². The van der Waals surface area contributed by atoms with Crippen molar-refractivity contribution in [1.82, 2.24) is 0 Å². The largest absolute Gasteiger partial charge is 0.494 e. The third-order valence-corrected chi connectivity index (χ3v) is 4.96. The summed E-state index contributed by atoms with van der Waals surface area (Å²) in [5, 5.41) is 3.50. The second-order valence-corrected chi connectivity index (χ2v) is 7.96. The fourth-order valence-corrected chi connectivity index (χ4v) is 3.20. The van der Waals surface area contributed by atoms with E-state index in [2.05, 4.69) is 73.8 Å². The molecule has 3 rings (SSSR count). The molecule has 0 radical (unpaired) electrons. The van der Waals surface area contributed by atoms with Crippen LogP contribution in [0.1, 0.15) is 37.8 Å². The minimum absolute atomic E-state index is 0.644. The normalized spacial score (nSPS) is 10.8. The standard InChI is InChI=1S/C27H33NO2/c1-22(2)17-19-30-27-16-7-6-13-24(27)21-28-25-14-8-15-26(20-25)29-18-9-12-23-10-4-3-5-11-23/h3-8,10-11,13-16,20,22,28H,9,12,17-19,21H2,1-2H3. The number of aryl methyl sites for hydroxylation is 1. The third kappa shape index (κ3) is 7.47. The molecule has 0 aromatic heterocycles. The highest BCUT2D eigenvalue weighted by molar-refractivity contribution is 5.49. The minimum Gasteiger partial charge on any atom is -0.494 e. The Morgan fingerprint density at radius 1 is 0.800 bits per heavy atom. The van der Waals surface area contributed by atoms with Crippen LogP contribution in [0.5, 0.6) is 11.5 Å². The van der Waals surface area contributed by atoms with Gasteiger partial charge < -0.3 is 14.8 Å². The van der Waals surface area contributed by atoms with Crippen LogP contribution < -0.4 is 14.8 Å². The van der Waals surface area contributed by atoms with Crippen LogP contribution in [0.25, 0.3) is 0 Å². The van der Waals surface area contributed by atoms with Gasteiger partial charge in [0.05, 0.1) is 13.2 Å². The number of para-hydroxylation sites is 1. The van der Waals surface area contributed by atoms with Crippen LogP contribution in [0.15, 0.2) is 78.9 Å². The Morgan fingerprint density at radius 3 is 2.43 bits per heavy atom. The lowest BCUT2D eigenvalue weighted by Gasteiger charge is -2.14. The molecular formula is C27H33NO2. The first-order chi connectivity index (χ1) is 14.7. The zero-order valence-corrected chi connectivity index (χ0v) is 18.1. The highest BCUT2D eigenvalue weighted by Gasteiger charge is 2.05. The fraction of sp³-hybridized carbons (Fsp3) is 0.333. The van der Waals surface area contributed by atoms with Gasteiger partial charge in [0, 0.05) is 23.9 Å². The van der Waals surface area contributed by atoms with Gasteiger partial charge in [0.1, 0.15) is 11.5 Å². The zero-order valence-electron chi connectivity index (χ0n) is 18.1. The first-order valence-electron chi connectivity index (χ1n) is 10.9. The molecule has 0 aliphatic rings. The summed E-state index contributed by atoms with van der Waals surface area (Å²) in [7, 11) is 0. The SMILES string of the molecule is CC(C)CCOc1ccccc1CNc1cccc(OCCCc2ccccc2)c1. The molecule has 0 fully saturated rings. The molecule has 0 amide bonds. The summed E-state index contributed by atoms with van der Waals surface area (Å²) < 4.78 is 12.0. The number of hydrogen-bond acceptors (Lipinski definition) is 3. The van der Waals surface area contributed by atoms with Gasteiger partial charge in [-0.1, -0.05) is 68.4 Å². The average molecular weight is 404 g/mol. The molecule has 0 unspecified atom stereocenters. The number of hydrogen-bond donors (Lipinski definition) is 1. The van der Waals surface area contributed by atoms with Crippen molar-refractivity contribution in [2.75, 3.05) is 18.5 Å². The minimum atomic E-state index is 0.644. The van der Waals surface area contributed by atoms with E-state index in [4.69, 9.17) is 9.47 Å². The molecule has 0 aliphatic heterocycles. The lowest BCUT2D eigenvalue weighted by atomic mass is 10.1. The van der Waals surface area contributed by atoms with Gasteiger partial charge in [-0.05, 0) is 48.9 Å². The number of ether oxygens (including phenoxy) is 2. The predicted molar refractivity (Wildman–Crippen MR) is 125 cm³/mol. The average Bonchev–Trinajstić information content (AvgIpc) is 2.77. The maximum atomic E-state index is 6.00. The molecule has 0 atom stereocenters. The van der Waals surface area contributed by atoms with Crippen molar-refractivity contribution in [2.24, 2.45) is 5.92 Å². The summed E-state index contributed by atoms with van der Waals surface area (Å²) in [6, 6.07) is 26.9. The molecule has 1 N–H and O–H groups in total. The maximum absolute atomic E-state index is 6.00. The molecule has 0 bridgehead atoms. The Hall–Kier alpha value is -2.94. The van der Waals surface area contributed by atoms with Gasteiger partial charge in [-0.2, -0.15) is 0 Å². The van der Waals surface area contributed by atoms with Crippen molar-refractivity contribution in [1.29, 1.82) is 0 Å². The second kappa shape index (κ2) is 11.9. The van der Waals surface area contributed by atoms with Gasteiger partial charge in [-0.3, -0.25) is 0 Å². The van der Waals surface area contributed by atoms with Gasteiger partial charge in [0.15, 0.2) is 0 Å². The molecule has 0 heterocycles. The van der Waals surface area contributed by atoms with Crippen molar-refractivity contribution < 1.29 is 9.47 Å². The Kier molecular flexibility index (Phi) is 8.64. The van der Waals surface area contributed by atoms with E-state index in [1.807, 2.05) is 24.3 Å². The predicted octanol–water partition coefficient (Wildman–Crippen LogP) is 6.74. The Balaban J connectivity index is 1.47. The highest BCUT2D eigenvalue weighted by Crippen LogP contribution is 2.22. The topological polar surface area (TPSA) is 30.5 Å². The van der Waals surface area contributed by atoms with Gasteiger partial charge in [0.2, 0.25) is 0 Å². The molecule has 3 heteroatoms.